The molecule has 1 aliphatic heterocycles. The van der Waals surface area contributed by atoms with E-state index >= 15 is 0 Å². The van der Waals surface area contributed by atoms with Gasteiger partial charge in [-0.1, -0.05) is 54.6 Å². The van der Waals surface area contributed by atoms with Crippen LogP contribution in [0.25, 0.3) is 0 Å². The van der Waals surface area contributed by atoms with Crippen molar-refractivity contribution in [2.45, 2.75) is 42.9 Å². The third kappa shape index (κ3) is 4.39. The van der Waals surface area contributed by atoms with E-state index in [1.54, 1.807) is 4.68 Å². The van der Waals surface area contributed by atoms with Gasteiger partial charge in [0.1, 0.15) is 5.25 Å². The molecule has 0 radical (unpaired) electrons. The quantitative estimate of drug-likeness (QED) is 0.613. The molecule has 1 amide bonds. The maximum Gasteiger partial charge on any atom is 0.416 e. The van der Waals surface area contributed by atoms with Gasteiger partial charge < -0.3 is 10.7 Å². The Morgan fingerprint density at radius 1 is 1.19 bits per heavy atom. The van der Waals surface area contributed by atoms with Crippen molar-refractivity contribution in [2.75, 3.05) is 10.7 Å². The van der Waals surface area contributed by atoms with Crippen molar-refractivity contribution in [3.8, 4) is 0 Å². The molecule has 0 spiro atoms. The molecule has 2 heterocycles. The van der Waals surface area contributed by atoms with Gasteiger partial charge in [-0.25, -0.2) is 4.68 Å². The van der Waals surface area contributed by atoms with Gasteiger partial charge in [-0.2, -0.15) is 13.2 Å². The van der Waals surface area contributed by atoms with Crippen LogP contribution in [0.1, 0.15) is 35.5 Å². The van der Waals surface area contributed by atoms with Gasteiger partial charge in [-0.15, -0.1) is 10.2 Å². The topological polar surface area (TPSA) is 71.8 Å². The number of fused-ring (bicyclic) bond motifs is 1. The van der Waals surface area contributed by atoms with E-state index in [0.717, 1.165) is 29.1 Å². The van der Waals surface area contributed by atoms with Crippen LogP contribution in [0.15, 0.2) is 53.7 Å². The highest BCUT2D eigenvalue weighted by atomic mass is 32.2. The standard InChI is InChI=1S/C21H20F3N5OS/c1-3-16-26-27-20-29(16)28-17(13-9-7-12(2)8-10-13)18(31-20)19(30)25-15-6-4-5-14(11-15)21(22,23)24/h4-11,17-18,28H,3H2,1-2H3,(H,25,30). The first-order valence-corrected chi connectivity index (χ1v) is 10.6. The minimum Gasteiger partial charge on any atom is -0.325 e. The molecule has 2 atom stereocenters. The summed E-state index contributed by atoms with van der Waals surface area (Å²) in [5.74, 6) is 0.311. The first kappa shape index (κ1) is 21.2. The second kappa shape index (κ2) is 8.26. The number of alkyl halides is 3. The Hall–Kier alpha value is -3.01. The van der Waals surface area contributed by atoms with E-state index < -0.39 is 28.9 Å². The lowest BCUT2D eigenvalue weighted by Crippen LogP contribution is -2.41. The normalized spacial score (nSPS) is 18.2. The Kier molecular flexibility index (Phi) is 5.65. The number of aromatic nitrogens is 3. The average Bonchev–Trinajstić information content (AvgIpc) is 3.15. The van der Waals surface area contributed by atoms with Crippen molar-refractivity contribution < 1.29 is 18.0 Å². The van der Waals surface area contributed by atoms with Crippen molar-refractivity contribution in [2.24, 2.45) is 0 Å². The van der Waals surface area contributed by atoms with Gasteiger partial charge in [0.15, 0.2) is 5.82 Å². The largest absolute Gasteiger partial charge is 0.416 e. The highest BCUT2D eigenvalue weighted by Gasteiger charge is 2.38. The minimum atomic E-state index is -4.49. The number of nitrogens with one attached hydrogen (secondary N) is 2. The fraction of sp³-hybridized carbons (Fsp3) is 0.286. The number of carbonyl (C=O) groups excluding carboxylic acids is 1. The predicted octanol–water partition coefficient (Wildman–Crippen LogP) is 4.57. The second-order valence-electron chi connectivity index (χ2n) is 7.21. The van der Waals surface area contributed by atoms with Crippen LogP contribution in [0.4, 0.5) is 18.9 Å². The second-order valence-corrected chi connectivity index (χ2v) is 8.32. The molecule has 2 N–H and O–H groups in total. The van der Waals surface area contributed by atoms with E-state index in [9.17, 15) is 18.0 Å². The molecular weight excluding hydrogens is 427 g/mol. The van der Waals surface area contributed by atoms with Crippen LogP contribution in [0.5, 0.6) is 0 Å². The minimum absolute atomic E-state index is 0.0874. The molecule has 2 aromatic carbocycles. The molecule has 2 unspecified atom stereocenters. The van der Waals surface area contributed by atoms with Crippen molar-refractivity contribution in [3.05, 3.63) is 71.0 Å². The summed E-state index contributed by atoms with van der Waals surface area (Å²) in [7, 11) is 0. The molecule has 4 rings (SSSR count). The van der Waals surface area contributed by atoms with Crippen LogP contribution in [0.2, 0.25) is 0 Å². The number of anilines is 1. The number of carbonyl (C=O) groups is 1. The van der Waals surface area contributed by atoms with Gasteiger partial charge in [-0.05, 0) is 30.7 Å². The number of hydrogen-bond acceptors (Lipinski definition) is 5. The molecular formula is C21H20F3N5OS. The van der Waals surface area contributed by atoms with Crippen molar-refractivity contribution in [3.63, 3.8) is 0 Å². The first-order chi connectivity index (χ1) is 14.8. The maximum atomic E-state index is 13.2. The van der Waals surface area contributed by atoms with Gasteiger partial charge >= 0.3 is 6.18 Å². The number of nitrogens with zero attached hydrogens (tertiary/aromatic N) is 3. The van der Waals surface area contributed by atoms with Crippen molar-refractivity contribution in [1.82, 2.24) is 14.9 Å². The zero-order valence-electron chi connectivity index (χ0n) is 16.8. The Balaban J connectivity index is 1.65. The molecule has 6 nitrogen and oxygen atoms in total. The summed E-state index contributed by atoms with van der Waals surface area (Å²) in [6.07, 6.45) is -3.83. The summed E-state index contributed by atoms with van der Waals surface area (Å²) < 4.78 is 40.9. The van der Waals surface area contributed by atoms with Crippen LogP contribution < -0.4 is 10.7 Å². The van der Waals surface area contributed by atoms with E-state index in [1.807, 2.05) is 38.1 Å². The van der Waals surface area contributed by atoms with Crippen LogP contribution in [-0.4, -0.2) is 26.0 Å². The molecule has 0 saturated carbocycles. The van der Waals surface area contributed by atoms with Gasteiger partial charge in [0, 0.05) is 12.1 Å². The molecule has 10 heteroatoms. The predicted molar refractivity (Wildman–Crippen MR) is 112 cm³/mol. The number of rotatable bonds is 4. The summed E-state index contributed by atoms with van der Waals surface area (Å²) in [6, 6.07) is 11.9. The smallest absolute Gasteiger partial charge is 0.325 e. The zero-order valence-corrected chi connectivity index (χ0v) is 17.6. The molecule has 0 bridgehead atoms. The molecule has 1 aliphatic rings. The zero-order chi connectivity index (χ0) is 22.2. The highest BCUT2D eigenvalue weighted by molar-refractivity contribution is 8.00. The van der Waals surface area contributed by atoms with Crippen LogP contribution >= 0.6 is 11.8 Å². The number of amides is 1. The third-order valence-electron chi connectivity index (χ3n) is 4.97. The summed E-state index contributed by atoms with van der Waals surface area (Å²) >= 11 is 1.23. The summed E-state index contributed by atoms with van der Waals surface area (Å²) in [4.78, 5) is 13.2. The number of hydrogen-bond donors (Lipinski definition) is 2. The lowest BCUT2D eigenvalue weighted by atomic mass is 10.0. The fourth-order valence-corrected chi connectivity index (χ4v) is 4.44. The SMILES string of the molecule is CCc1nnc2n1NC(c1ccc(C)cc1)C(C(=O)Nc1cccc(C(F)(F)F)c1)S2. The van der Waals surface area contributed by atoms with Crippen LogP contribution in [0.3, 0.4) is 0 Å². The Bertz CT molecular complexity index is 1100. The Morgan fingerprint density at radius 3 is 2.61 bits per heavy atom. The van der Waals surface area contributed by atoms with Crippen LogP contribution in [-0.2, 0) is 17.4 Å². The molecule has 3 aromatic rings. The van der Waals surface area contributed by atoms with E-state index in [1.165, 1.54) is 23.9 Å². The molecule has 0 saturated heterocycles. The summed E-state index contributed by atoms with van der Waals surface area (Å²) in [5, 5.41) is 10.8. The summed E-state index contributed by atoms with van der Waals surface area (Å²) in [5.41, 5.74) is 4.54. The first-order valence-electron chi connectivity index (χ1n) is 9.68. The Morgan fingerprint density at radius 2 is 1.94 bits per heavy atom. The van der Waals surface area contributed by atoms with E-state index in [4.69, 9.17) is 0 Å². The highest BCUT2D eigenvalue weighted by Crippen LogP contribution is 2.38. The number of benzene rings is 2. The van der Waals surface area contributed by atoms with Gasteiger partial charge in [0.05, 0.1) is 11.6 Å². The van der Waals surface area contributed by atoms with Crippen molar-refractivity contribution in [1.29, 1.82) is 0 Å². The average molecular weight is 447 g/mol. The molecule has 0 fully saturated rings. The molecule has 162 valence electrons. The summed E-state index contributed by atoms with van der Waals surface area (Å²) in [6.45, 7) is 3.93. The molecule has 31 heavy (non-hydrogen) atoms. The monoisotopic (exact) mass is 447 g/mol. The Labute approximate surface area is 181 Å². The maximum absolute atomic E-state index is 13.2. The lowest BCUT2D eigenvalue weighted by molar-refractivity contribution is -0.137. The number of aryl methyl sites for hydroxylation is 2. The van der Waals surface area contributed by atoms with Crippen molar-refractivity contribution >= 4 is 23.4 Å². The fourth-order valence-electron chi connectivity index (χ4n) is 3.34. The van der Waals surface area contributed by atoms with Gasteiger partial charge in [-0.3, -0.25) is 4.79 Å². The number of halogens is 3. The van der Waals surface area contributed by atoms with Crippen LogP contribution in [0, 0.1) is 6.92 Å². The van der Waals surface area contributed by atoms with Gasteiger partial charge in [0.25, 0.3) is 0 Å². The molecule has 0 aliphatic carbocycles. The van der Waals surface area contributed by atoms with E-state index in [0.29, 0.717) is 11.6 Å². The number of thioether (sulfide) groups is 1. The lowest BCUT2D eigenvalue weighted by Gasteiger charge is -2.33. The third-order valence-corrected chi connectivity index (χ3v) is 6.19. The van der Waals surface area contributed by atoms with E-state index in [-0.39, 0.29) is 5.69 Å². The van der Waals surface area contributed by atoms with Gasteiger partial charge in [0.2, 0.25) is 11.1 Å². The van der Waals surface area contributed by atoms with E-state index in [2.05, 4.69) is 20.9 Å². The molecule has 1 aromatic heterocycles.